The Kier molecular flexibility index (Phi) is 5.82. The van der Waals surface area contributed by atoms with Crippen LogP contribution in [0.4, 0.5) is 4.39 Å². The Morgan fingerprint density at radius 2 is 2.38 bits per heavy atom. The fraction of sp³-hybridized carbons (Fsp3) is 0.381. The molecule has 29 heavy (non-hydrogen) atoms. The minimum absolute atomic E-state index is 0.128. The quantitative estimate of drug-likeness (QED) is 0.728. The minimum atomic E-state index is -0.219. The molecule has 8 heteroatoms. The van der Waals surface area contributed by atoms with Gasteiger partial charge in [-0.05, 0) is 37.8 Å². The minimum Gasteiger partial charge on any atom is -0.493 e. The summed E-state index contributed by atoms with van der Waals surface area (Å²) in [5.74, 6) is 1.24. The van der Waals surface area contributed by atoms with Crippen molar-refractivity contribution in [3.8, 4) is 5.75 Å². The Hall–Kier alpha value is -2.84. The van der Waals surface area contributed by atoms with Gasteiger partial charge in [0, 0.05) is 35.9 Å². The highest BCUT2D eigenvalue weighted by Gasteiger charge is 2.21. The molecule has 2 aliphatic heterocycles. The second-order valence-electron chi connectivity index (χ2n) is 7.11. The van der Waals surface area contributed by atoms with Crippen molar-refractivity contribution in [3.63, 3.8) is 0 Å². The Morgan fingerprint density at radius 1 is 1.48 bits per heavy atom. The first kappa shape index (κ1) is 19.5. The molecule has 3 heterocycles. The summed E-state index contributed by atoms with van der Waals surface area (Å²) in [5.41, 5.74) is 3.57. The molecule has 0 bridgehead atoms. The fourth-order valence-corrected chi connectivity index (χ4v) is 3.75. The smallest absolute Gasteiger partial charge is 0.166 e. The molecule has 0 aliphatic carbocycles. The van der Waals surface area contributed by atoms with E-state index in [0.29, 0.717) is 37.8 Å². The maximum absolute atomic E-state index is 14.3. The summed E-state index contributed by atoms with van der Waals surface area (Å²) in [4.78, 5) is 3.95. The van der Waals surface area contributed by atoms with E-state index in [9.17, 15) is 4.39 Å². The van der Waals surface area contributed by atoms with Gasteiger partial charge in [-0.3, -0.25) is 10.3 Å². The lowest BCUT2D eigenvalue weighted by molar-refractivity contribution is 0.0798. The van der Waals surface area contributed by atoms with Crippen LogP contribution in [0.2, 0.25) is 0 Å². The van der Waals surface area contributed by atoms with Crippen molar-refractivity contribution < 1.29 is 13.9 Å². The number of ether oxygens (including phenoxy) is 2. The number of halogens is 1. The average Bonchev–Trinajstić information content (AvgIpc) is 3.37. The molecule has 1 atom stereocenters. The lowest BCUT2D eigenvalue weighted by Crippen LogP contribution is -2.21. The number of benzene rings is 1. The summed E-state index contributed by atoms with van der Waals surface area (Å²) >= 11 is 0. The largest absolute Gasteiger partial charge is 0.493 e. The van der Waals surface area contributed by atoms with Crippen LogP contribution in [0.25, 0.3) is 5.57 Å². The second kappa shape index (κ2) is 8.67. The van der Waals surface area contributed by atoms with Gasteiger partial charge in [0.25, 0.3) is 0 Å². The summed E-state index contributed by atoms with van der Waals surface area (Å²) in [7, 11) is 0. The number of hydrogen-bond acceptors (Lipinski definition) is 6. The molecule has 0 saturated heterocycles. The van der Waals surface area contributed by atoms with Crippen LogP contribution < -0.4 is 10.1 Å². The Bertz CT molecular complexity index is 966. The van der Waals surface area contributed by atoms with Crippen LogP contribution in [0.5, 0.6) is 5.75 Å². The molecule has 0 saturated carbocycles. The molecule has 1 unspecified atom stereocenters. The number of allylic oxidation sites excluding steroid dienone is 1. The number of nitrogens with zero attached hydrogens (tertiary/aromatic N) is 4. The normalized spacial score (nSPS) is 18.9. The molecule has 0 amide bonds. The Morgan fingerprint density at radius 3 is 3.21 bits per heavy atom. The third kappa shape index (κ3) is 4.13. The second-order valence-corrected chi connectivity index (χ2v) is 7.11. The molecule has 152 valence electrons. The van der Waals surface area contributed by atoms with E-state index in [1.807, 2.05) is 17.6 Å². The lowest BCUT2D eigenvalue weighted by atomic mass is 9.98. The number of aromatic nitrogens is 3. The Balaban J connectivity index is 1.50. The van der Waals surface area contributed by atoms with Crippen LogP contribution in [0.1, 0.15) is 30.3 Å². The van der Waals surface area contributed by atoms with Crippen molar-refractivity contribution >= 4 is 12.3 Å². The van der Waals surface area contributed by atoms with E-state index in [2.05, 4.69) is 27.2 Å². The van der Waals surface area contributed by atoms with Gasteiger partial charge in [-0.25, -0.2) is 4.39 Å². The highest BCUT2D eigenvalue weighted by Crippen LogP contribution is 2.30. The van der Waals surface area contributed by atoms with Gasteiger partial charge in [-0.1, -0.05) is 6.08 Å². The molecule has 0 fully saturated rings. The fourth-order valence-electron chi connectivity index (χ4n) is 3.75. The zero-order valence-corrected chi connectivity index (χ0v) is 16.4. The monoisotopic (exact) mass is 397 g/mol. The molecule has 7 nitrogen and oxygen atoms in total. The van der Waals surface area contributed by atoms with Crippen molar-refractivity contribution in [1.29, 1.82) is 0 Å². The number of fused-ring (bicyclic) bond motifs is 1. The molecule has 1 N–H and O–H groups in total. The topological polar surface area (TPSA) is 73.6 Å². The molecule has 0 spiro atoms. The molecule has 2 aliphatic rings. The molecule has 2 aromatic rings. The van der Waals surface area contributed by atoms with Crippen LogP contribution in [0.15, 0.2) is 41.3 Å². The first-order chi connectivity index (χ1) is 14.2. The van der Waals surface area contributed by atoms with Crippen LogP contribution >= 0.6 is 0 Å². The van der Waals surface area contributed by atoms with Gasteiger partial charge in [0.05, 0.1) is 26.0 Å². The third-order valence-electron chi connectivity index (χ3n) is 5.17. The SMILES string of the molecule is C=N/C=C(/C1=CCOC(C)C1)c1nncn1CNCc1c(F)ccc2c1CCO2. The van der Waals surface area contributed by atoms with Crippen molar-refractivity contribution in [1.82, 2.24) is 20.1 Å². The summed E-state index contributed by atoms with van der Waals surface area (Å²) in [6.07, 6.45) is 7.01. The number of hydrogen-bond donors (Lipinski definition) is 1. The predicted molar refractivity (Wildman–Crippen MR) is 108 cm³/mol. The van der Waals surface area contributed by atoms with Gasteiger partial charge < -0.3 is 14.0 Å². The molecular formula is C21H24FN5O2. The van der Waals surface area contributed by atoms with Crippen molar-refractivity contribution in [2.75, 3.05) is 13.2 Å². The number of rotatable bonds is 7. The van der Waals surface area contributed by atoms with Crippen LogP contribution in [-0.4, -0.2) is 40.8 Å². The van der Waals surface area contributed by atoms with Gasteiger partial charge in [-0.2, -0.15) is 0 Å². The van der Waals surface area contributed by atoms with E-state index in [4.69, 9.17) is 9.47 Å². The molecule has 0 radical (unpaired) electrons. The van der Waals surface area contributed by atoms with Crippen LogP contribution in [0, 0.1) is 5.82 Å². The lowest BCUT2D eigenvalue weighted by Gasteiger charge is -2.21. The zero-order valence-electron chi connectivity index (χ0n) is 16.4. The van der Waals surface area contributed by atoms with E-state index in [1.54, 1.807) is 18.6 Å². The average molecular weight is 397 g/mol. The first-order valence-electron chi connectivity index (χ1n) is 9.66. The zero-order chi connectivity index (χ0) is 20.2. The van der Waals surface area contributed by atoms with Gasteiger partial charge in [0.2, 0.25) is 0 Å². The van der Waals surface area contributed by atoms with Gasteiger partial charge in [0.1, 0.15) is 17.9 Å². The first-order valence-corrected chi connectivity index (χ1v) is 9.66. The highest BCUT2D eigenvalue weighted by atomic mass is 19.1. The summed E-state index contributed by atoms with van der Waals surface area (Å²) < 4.78 is 27.3. The molecule has 4 rings (SSSR count). The summed E-state index contributed by atoms with van der Waals surface area (Å²) in [6, 6.07) is 3.15. The molecule has 1 aromatic carbocycles. The van der Waals surface area contributed by atoms with Gasteiger partial charge >= 0.3 is 0 Å². The molecular weight excluding hydrogens is 373 g/mol. The van der Waals surface area contributed by atoms with Crippen molar-refractivity contribution in [3.05, 3.63) is 59.1 Å². The third-order valence-corrected chi connectivity index (χ3v) is 5.17. The maximum Gasteiger partial charge on any atom is 0.166 e. The predicted octanol–water partition coefficient (Wildman–Crippen LogP) is 2.88. The van der Waals surface area contributed by atoms with E-state index in [-0.39, 0.29) is 11.9 Å². The highest BCUT2D eigenvalue weighted by molar-refractivity contribution is 5.76. The van der Waals surface area contributed by atoms with E-state index in [0.717, 1.165) is 35.3 Å². The van der Waals surface area contributed by atoms with E-state index < -0.39 is 0 Å². The van der Waals surface area contributed by atoms with Crippen LogP contribution in [-0.2, 0) is 24.4 Å². The van der Waals surface area contributed by atoms with Gasteiger partial charge in [-0.15, -0.1) is 10.2 Å². The van der Waals surface area contributed by atoms with Crippen LogP contribution in [0.3, 0.4) is 0 Å². The standard InChI is InChI=1S/C21H24FN5O2/c1-14-9-15(5-7-28-14)17(10-23-2)21-26-25-13-27(21)12-24-11-18-16-6-8-29-20(16)4-3-19(18)22/h3-5,10,13-14,24H,2,6-9,11-12H2,1H3/b17-10-. The maximum atomic E-state index is 14.3. The van der Waals surface area contributed by atoms with Crippen molar-refractivity contribution in [2.24, 2.45) is 4.99 Å². The molecule has 1 aromatic heterocycles. The van der Waals surface area contributed by atoms with E-state index in [1.165, 1.54) is 6.07 Å². The van der Waals surface area contributed by atoms with Gasteiger partial charge in [0.15, 0.2) is 5.82 Å². The summed E-state index contributed by atoms with van der Waals surface area (Å²) in [6.45, 7) is 7.60. The number of aliphatic imine (C=N–C) groups is 1. The van der Waals surface area contributed by atoms with Crippen molar-refractivity contribution in [2.45, 2.75) is 39.1 Å². The van der Waals surface area contributed by atoms with E-state index >= 15 is 0 Å². The summed E-state index contributed by atoms with van der Waals surface area (Å²) in [5, 5.41) is 11.6. The Labute approximate surface area is 169 Å². The number of nitrogens with one attached hydrogen (secondary N) is 1.